The van der Waals surface area contributed by atoms with E-state index in [1.165, 1.54) is 16.3 Å². The number of carbonyl (C=O) groups excluding carboxylic acids is 1. The van der Waals surface area contributed by atoms with Crippen LogP contribution in [0.3, 0.4) is 0 Å². The van der Waals surface area contributed by atoms with Crippen LogP contribution in [-0.2, 0) is 4.74 Å². The molecule has 0 atom stereocenters. The maximum atomic E-state index is 12.5. The molecule has 3 aromatic rings. The summed E-state index contributed by atoms with van der Waals surface area (Å²) in [7, 11) is 0. The first-order valence-corrected chi connectivity index (χ1v) is 8.83. The summed E-state index contributed by atoms with van der Waals surface area (Å²) in [6.07, 6.45) is 3.16. The van der Waals surface area contributed by atoms with Gasteiger partial charge in [-0.15, -0.1) is 0 Å². The van der Waals surface area contributed by atoms with Crippen LogP contribution in [0, 0.1) is 0 Å². The number of hydrogen-bond acceptors (Lipinski definition) is 5. The van der Waals surface area contributed by atoms with Crippen molar-refractivity contribution in [2.45, 2.75) is 31.5 Å². The van der Waals surface area contributed by atoms with Gasteiger partial charge in [0, 0.05) is 17.1 Å². The third-order valence-electron chi connectivity index (χ3n) is 3.34. The Morgan fingerprint density at radius 3 is 2.46 bits per heavy atom. The zero-order valence-corrected chi connectivity index (χ0v) is 14.9. The van der Waals surface area contributed by atoms with Crippen LogP contribution in [0.15, 0.2) is 47.8 Å². The van der Waals surface area contributed by atoms with Crippen LogP contribution in [0.2, 0.25) is 0 Å². The molecule has 0 spiro atoms. The molecule has 0 N–H and O–H groups in total. The molecule has 3 rings (SSSR count). The summed E-state index contributed by atoms with van der Waals surface area (Å²) in [6.45, 7) is 5.52. The van der Waals surface area contributed by atoms with E-state index in [9.17, 15) is 4.79 Å². The van der Waals surface area contributed by atoms with Crippen molar-refractivity contribution >= 4 is 28.9 Å². The summed E-state index contributed by atoms with van der Waals surface area (Å²) in [5.74, 6) is 0. The number of thioether (sulfide) groups is 1. The summed E-state index contributed by atoms with van der Waals surface area (Å²) in [6, 6.07) is 11.7. The molecule has 124 valence electrons. The molecule has 0 amide bonds. The van der Waals surface area contributed by atoms with Gasteiger partial charge in [0.25, 0.3) is 0 Å². The van der Waals surface area contributed by atoms with Gasteiger partial charge in [-0.25, -0.2) is 19.3 Å². The van der Waals surface area contributed by atoms with Crippen LogP contribution < -0.4 is 0 Å². The van der Waals surface area contributed by atoms with E-state index >= 15 is 0 Å². The van der Waals surface area contributed by atoms with Crippen molar-refractivity contribution in [1.82, 2.24) is 14.5 Å². The molecule has 0 aliphatic heterocycles. The molecule has 2 aromatic heterocycles. The van der Waals surface area contributed by atoms with Crippen molar-refractivity contribution in [3.8, 4) is 11.3 Å². The second-order valence-corrected chi connectivity index (χ2v) is 7.10. The highest BCUT2D eigenvalue weighted by atomic mass is 32.2. The summed E-state index contributed by atoms with van der Waals surface area (Å²) >= 11 is 1.44. The first-order valence-electron chi connectivity index (χ1n) is 7.61. The minimum atomic E-state index is -0.564. The summed E-state index contributed by atoms with van der Waals surface area (Å²) in [4.78, 5) is 21.6. The minimum Gasteiger partial charge on any atom is -0.443 e. The van der Waals surface area contributed by atoms with Crippen molar-refractivity contribution in [3.05, 3.63) is 42.6 Å². The van der Waals surface area contributed by atoms with Gasteiger partial charge in [0.15, 0.2) is 10.8 Å². The van der Waals surface area contributed by atoms with Gasteiger partial charge in [-0.1, -0.05) is 42.1 Å². The van der Waals surface area contributed by atoms with Crippen LogP contribution in [0.4, 0.5) is 4.79 Å². The van der Waals surface area contributed by atoms with E-state index in [4.69, 9.17) is 4.74 Å². The van der Waals surface area contributed by atoms with Crippen LogP contribution >= 0.6 is 11.8 Å². The third kappa shape index (κ3) is 3.28. The molecule has 0 unspecified atom stereocenters. The first kappa shape index (κ1) is 16.5. The second kappa shape index (κ2) is 6.28. The number of benzene rings is 1. The van der Waals surface area contributed by atoms with Crippen molar-refractivity contribution in [2.24, 2.45) is 0 Å². The van der Waals surface area contributed by atoms with Gasteiger partial charge in [-0.3, -0.25) is 0 Å². The predicted molar refractivity (Wildman–Crippen MR) is 96.4 cm³/mol. The van der Waals surface area contributed by atoms with Gasteiger partial charge in [0.05, 0.1) is 5.69 Å². The van der Waals surface area contributed by atoms with Crippen molar-refractivity contribution in [3.63, 3.8) is 0 Å². The molecule has 0 aliphatic carbocycles. The van der Waals surface area contributed by atoms with E-state index in [0.29, 0.717) is 10.8 Å². The topological polar surface area (TPSA) is 57.0 Å². The van der Waals surface area contributed by atoms with Gasteiger partial charge >= 0.3 is 6.09 Å². The summed E-state index contributed by atoms with van der Waals surface area (Å²) in [5.41, 5.74) is 1.79. The molecule has 6 heteroatoms. The number of hydrogen-bond donors (Lipinski definition) is 0. The van der Waals surface area contributed by atoms with Crippen molar-refractivity contribution in [2.75, 3.05) is 6.26 Å². The summed E-state index contributed by atoms with van der Waals surface area (Å²) < 4.78 is 6.91. The molecule has 1 aromatic carbocycles. The highest BCUT2D eigenvalue weighted by Crippen LogP contribution is 2.29. The van der Waals surface area contributed by atoms with Gasteiger partial charge in [-0.05, 0) is 33.1 Å². The van der Waals surface area contributed by atoms with E-state index < -0.39 is 11.7 Å². The van der Waals surface area contributed by atoms with E-state index in [2.05, 4.69) is 9.97 Å². The van der Waals surface area contributed by atoms with E-state index in [1.54, 1.807) is 6.20 Å². The van der Waals surface area contributed by atoms with Gasteiger partial charge in [-0.2, -0.15) is 0 Å². The van der Waals surface area contributed by atoms with Gasteiger partial charge in [0.1, 0.15) is 5.60 Å². The number of rotatable bonds is 2. The number of ether oxygens (including phenoxy) is 1. The van der Waals surface area contributed by atoms with E-state index in [1.807, 2.05) is 63.4 Å². The number of carbonyl (C=O) groups is 1. The Hall–Kier alpha value is -2.34. The normalized spacial score (nSPS) is 11.7. The lowest BCUT2D eigenvalue weighted by atomic mass is 10.1. The average molecular weight is 341 g/mol. The molecule has 0 radical (unpaired) electrons. The number of nitrogens with zero attached hydrogens (tertiary/aromatic N) is 3. The monoisotopic (exact) mass is 341 g/mol. The van der Waals surface area contributed by atoms with Gasteiger partial charge in [0.2, 0.25) is 0 Å². The molecular weight excluding hydrogens is 322 g/mol. The Morgan fingerprint density at radius 1 is 1.12 bits per heavy atom. The van der Waals surface area contributed by atoms with E-state index in [-0.39, 0.29) is 0 Å². The molecule has 0 aliphatic rings. The SMILES string of the molecule is CSc1nc(-c2ccccc2)c2ccn(C(=O)OC(C)(C)C)c2n1. The predicted octanol–water partition coefficient (Wildman–Crippen LogP) is 4.60. The fourth-order valence-electron chi connectivity index (χ4n) is 2.36. The van der Waals surface area contributed by atoms with Crippen molar-refractivity contribution < 1.29 is 9.53 Å². The fourth-order valence-corrected chi connectivity index (χ4v) is 2.72. The highest BCUT2D eigenvalue weighted by Gasteiger charge is 2.21. The minimum absolute atomic E-state index is 0.442. The largest absolute Gasteiger partial charge is 0.443 e. The smallest absolute Gasteiger partial charge is 0.420 e. The number of aromatic nitrogens is 3. The molecule has 24 heavy (non-hydrogen) atoms. The van der Waals surface area contributed by atoms with Crippen LogP contribution in [0.1, 0.15) is 20.8 Å². The molecule has 0 bridgehead atoms. The molecule has 5 nitrogen and oxygen atoms in total. The van der Waals surface area contributed by atoms with E-state index in [0.717, 1.165) is 16.6 Å². The second-order valence-electron chi connectivity index (χ2n) is 6.33. The standard InChI is InChI=1S/C18H19N3O2S/c1-18(2,3)23-17(22)21-11-10-13-14(12-8-6-5-7-9-12)19-16(24-4)20-15(13)21/h5-11H,1-4H3. The fraction of sp³-hybridized carbons (Fsp3) is 0.278. The Kier molecular flexibility index (Phi) is 4.32. The third-order valence-corrected chi connectivity index (χ3v) is 3.89. The van der Waals surface area contributed by atoms with Crippen LogP contribution in [0.5, 0.6) is 0 Å². The zero-order chi connectivity index (χ0) is 17.3. The lowest BCUT2D eigenvalue weighted by Crippen LogP contribution is -2.26. The number of fused-ring (bicyclic) bond motifs is 1. The quantitative estimate of drug-likeness (QED) is 0.503. The maximum absolute atomic E-state index is 12.5. The Bertz CT molecular complexity index is 882. The molecule has 0 saturated heterocycles. The Morgan fingerprint density at radius 2 is 1.83 bits per heavy atom. The first-order chi connectivity index (χ1) is 11.4. The molecular formula is C18H19N3O2S. The average Bonchev–Trinajstić information content (AvgIpc) is 2.97. The molecule has 0 saturated carbocycles. The lowest BCUT2D eigenvalue weighted by Gasteiger charge is -2.19. The molecule has 2 heterocycles. The van der Waals surface area contributed by atoms with Crippen LogP contribution in [0.25, 0.3) is 22.3 Å². The Balaban J connectivity index is 2.17. The molecule has 0 fully saturated rings. The van der Waals surface area contributed by atoms with Crippen LogP contribution in [-0.4, -0.2) is 32.5 Å². The summed E-state index contributed by atoms with van der Waals surface area (Å²) in [5, 5.41) is 1.44. The van der Waals surface area contributed by atoms with Crippen molar-refractivity contribution in [1.29, 1.82) is 0 Å². The zero-order valence-electron chi connectivity index (χ0n) is 14.1. The highest BCUT2D eigenvalue weighted by molar-refractivity contribution is 7.98. The Labute approximate surface area is 145 Å². The van der Waals surface area contributed by atoms with Gasteiger partial charge < -0.3 is 4.74 Å². The lowest BCUT2D eigenvalue weighted by molar-refractivity contribution is 0.0543. The maximum Gasteiger partial charge on any atom is 0.420 e.